The molecule has 3 rings (SSSR count). The van der Waals surface area contributed by atoms with Gasteiger partial charge >= 0.3 is 6.61 Å². The third kappa shape index (κ3) is 5.73. The summed E-state index contributed by atoms with van der Waals surface area (Å²) in [4.78, 5) is 12.5. The molecule has 0 spiro atoms. The predicted octanol–water partition coefficient (Wildman–Crippen LogP) is 4.75. The van der Waals surface area contributed by atoms with Crippen LogP contribution in [0.5, 0.6) is 5.75 Å². The molecule has 0 amide bonds. The molecule has 0 unspecified atom stereocenters. The highest BCUT2D eigenvalue weighted by molar-refractivity contribution is 7.89. The van der Waals surface area contributed by atoms with Crippen molar-refractivity contribution < 1.29 is 26.7 Å². The Morgan fingerprint density at radius 2 is 1.53 bits per heavy atom. The van der Waals surface area contributed by atoms with Crippen LogP contribution in [0.2, 0.25) is 0 Å². The summed E-state index contributed by atoms with van der Waals surface area (Å²) in [6.07, 6.45) is 6.69. The van der Waals surface area contributed by atoms with Gasteiger partial charge in [-0.3, -0.25) is 4.79 Å². The molecular weight excluding hydrogens is 412 g/mol. The summed E-state index contributed by atoms with van der Waals surface area (Å²) in [6.45, 7) is -1.85. The van der Waals surface area contributed by atoms with Crippen LogP contribution < -0.4 is 4.74 Å². The molecule has 30 heavy (non-hydrogen) atoms. The van der Waals surface area contributed by atoms with Crippen LogP contribution >= 0.6 is 0 Å². The van der Waals surface area contributed by atoms with Gasteiger partial charge in [-0.05, 0) is 60.9 Å². The number of nitrogens with zero attached hydrogens (tertiary/aromatic N) is 1. The Morgan fingerprint density at radius 3 is 2.10 bits per heavy atom. The molecule has 2 aromatic rings. The molecule has 0 atom stereocenters. The molecule has 1 saturated heterocycles. The molecule has 8 heteroatoms. The minimum atomic E-state index is -3.56. The predicted molar refractivity (Wildman–Crippen MR) is 110 cm³/mol. The number of sulfonamides is 1. The normalized spacial score (nSPS) is 16.0. The molecule has 0 bridgehead atoms. The summed E-state index contributed by atoms with van der Waals surface area (Å²) in [5.41, 5.74) is 1.00. The van der Waals surface area contributed by atoms with Crippen molar-refractivity contribution in [3.63, 3.8) is 0 Å². The maximum Gasteiger partial charge on any atom is 0.387 e. The minimum absolute atomic E-state index is 0.0367. The Hall–Kier alpha value is -2.58. The van der Waals surface area contributed by atoms with Crippen molar-refractivity contribution in [2.24, 2.45) is 0 Å². The first-order valence-corrected chi connectivity index (χ1v) is 11.2. The van der Waals surface area contributed by atoms with E-state index in [1.165, 1.54) is 46.8 Å². The van der Waals surface area contributed by atoms with E-state index in [4.69, 9.17) is 0 Å². The summed E-state index contributed by atoms with van der Waals surface area (Å²) in [6, 6.07) is 11.8. The Labute approximate surface area is 175 Å². The van der Waals surface area contributed by atoms with Gasteiger partial charge in [0.15, 0.2) is 5.78 Å². The Morgan fingerprint density at radius 1 is 0.933 bits per heavy atom. The van der Waals surface area contributed by atoms with E-state index >= 15 is 0 Å². The number of carbonyl (C=O) groups excluding carboxylic acids is 1. The van der Waals surface area contributed by atoms with E-state index in [1.807, 2.05) is 0 Å². The monoisotopic (exact) mass is 435 g/mol. The van der Waals surface area contributed by atoms with E-state index in [9.17, 15) is 22.0 Å². The third-order valence-electron chi connectivity index (χ3n) is 4.87. The summed E-state index contributed by atoms with van der Waals surface area (Å²) in [5.74, 6) is -0.253. The number of allylic oxidation sites excluding steroid dienone is 1. The average molecular weight is 435 g/mol. The second-order valence-corrected chi connectivity index (χ2v) is 8.93. The number of hydrogen-bond donors (Lipinski definition) is 0. The van der Waals surface area contributed by atoms with Crippen LogP contribution in [0.25, 0.3) is 6.08 Å². The molecular formula is C22H23F2NO4S. The molecule has 0 N–H and O–H groups in total. The molecule has 0 saturated carbocycles. The van der Waals surface area contributed by atoms with Crippen LogP contribution in [-0.2, 0) is 10.0 Å². The smallest absolute Gasteiger partial charge is 0.387 e. The van der Waals surface area contributed by atoms with Gasteiger partial charge in [-0.15, -0.1) is 0 Å². The molecule has 1 heterocycles. The number of rotatable bonds is 7. The van der Waals surface area contributed by atoms with Gasteiger partial charge in [0.2, 0.25) is 10.0 Å². The number of halogens is 2. The van der Waals surface area contributed by atoms with Gasteiger partial charge < -0.3 is 4.74 Å². The van der Waals surface area contributed by atoms with Gasteiger partial charge in [-0.25, -0.2) is 8.42 Å². The van der Waals surface area contributed by atoms with Crippen LogP contribution in [0.4, 0.5) is 8.78 Å². The van der Waals surface area contributed by atoms with Crippen LogP contribution in [0, 0.1) is 0 Å². The molecule has 160 valence electrons. The highest BCUT2D eigenvalue weighted by Crippen LogP contribution is 2.21. The maximum absolute atomic E-state index is 12.8. The van der Waals surface area contributed by atoms with Crippen LogP contribution in [0.3, 0.4) is 0 Å². The van der Waals surface area contributed by atoms with Crippen molar-refractivity contribution in [3.05, 3.63) is 65.7 Å². The molecule has 0 aliphatic carbocycles. The lowest BCUT2D eigenvalue weighted by atomic mass is 10.1. The van der Waals surface area contributed by atoms with Crippen molar-refractivity contribution in [1.29, 1.82) is 0 Å². The lowest BCUT2D eigenvalue weighted by molar-refractivity contribution is -0.0498. The third-order valence-corrected chi connectivity index (χ3v) is 6.79. The number of hydrogen-bond acceptors (Lipinski definition) is 4. The number of ether oxygens (including phenoxy) is 1. The van der Waals surface area contributed by atoms with Crippen molar-refractivity contribution >= 4 is 21.9 Å². The Balaban J connectivity index is 1.66. The fourth-order valence-corrected chi connectivity index (χ4v) is 4.77. The number of ketones is 1. The van der Waals surface area contributed by atoms with Gasteiger partial charge in [-0.2, -0.15) is 13.1 Å². The molecule has 2 aromatic carbocycles. The van der Waals surface area contributed by atoms with Gasteiger partial charge in [0.25, 0.3) is 0 Å². The summed E-state index contributed by atoms with van der Waals surface area (Å²) in [7, 11) is -3.56. The zero-order valence-corrected chi connectivity index (χ0v) is 17.2. The van der Waals surface area contributed by atoms with E-state index < -0.39 is 16.6 Å². The van der Waals surface area contributed by atoms with Gasteiger partial charge in [0, 0.05) is 18.7 Å². The van der Waals surface area contributed by atoms with Crippen molar-refractivity contribution in [1.82, 2.24) is 4.31 Å². The zero-order chi connectivity index (χ0) is 21.6. The number of carbonyl (C=O) groups is 1. The standard InChI is InChI=1S/C22H23F2NO4S/c23-22(24)29-19-10-5-17(6-11-19)7-14-21(26)18-8-12-20(13-9-18)30(27,28)25-15-3-1-2-4-16-25/h5-14,22H,1-4,15-16H2. The van der Waals surface area contributed by atoms with E-state index in [2.05, 4.69) is 4.74 Å². The van der Waals surface area contributed by atoms with Crippen LogP contribution in [0.15, 0.2) is 59.5 Å². The molecule has 5 nitrogen and oxygen atoms in total. The van der Waals surface area contributed by atoms with Gasteiger partial charge in [-0.1, -0.05) is 31.1 Å². The van der Waals surface area contributed by atoms with Crippen molar-refractivity contribution in [3.8, 4) is 5.75 Å². The van der Waals surface area contributed by atoms with Crippen LogP contribution in [-0.4, -0.2) is 38.2 Å². The first kappa shape index (κ1) is 22.1. The second-order valence-electron chi connectivity index (χ2n) is 6.99. The fourth-order valence-electron chi connectivity index (χ4n) is 3.25. The topological polar surface area (TPSA) is 63.7 Å². The molecule has 0 aromatic heterocycles. The largest absolute Gasteiger partial charge is 0.435 e. The van der Waals surface area contributed by atoms with Crippen LogP contribution in [0.1, 0.15) is 41.6 Å². The van der Waals surface area contributed by atoms with E-state index in [1.54, 1.807) is 18.2 Å². The second kappa shape index (κ2) is 9.95. The summed E-state index contributed by atoms with van der Waals surface area (Å²) in [5, 5.41) is 0. The Bertz CT molecular complexity index is 979. The zero-order valence-electron chi connectivity index (χ0n) is 16.3. The van der Waals surface area contributed by atoms with Crippen molar-refractivity contribution in [2.45, 2.75) is 37.2 Å². The van der Waals surface area contributed by atoms with E-state index in [0.29, 0.717) is 24.2 Å². The van der Waals surface area contributed by atoms with Crippen molar-refractivity contribution in [2.75, 3.05) is 13.1 Å². The van der Waals surface area contributed by atoms with Gasteiger partial charge in [0.05, 0.1) is 4.90 Å². The van der Waals surface area contributed by atoms with E-state index in [-0.39, 0.29) is 16.4 Å². The Kier molecular flexibility index (Phi) is 7.33. The molecule has 1 fully saturated rings. The first-order valence-electron chi connectivity index (χ1n) is 9.74. The summed E-state index contributed by atoms with van der Waals surface area (Å²) < 4.78 is 55.7. The average Bonchev–Trinajstić information content (AvgIpc) is 3.03. The van der Waals surface area contributed by atoms with E-state index in [0.717, 1.165) is 25.7 Å². The first-order chi connectivity index (χ1) is 14.4. The fraction of sp³-hybridized carbons (Fsp3) is 0.318. The summed E-state index contributed by atoms with van der Waals surface area (Å²) >= 11 is 0. The minimum Gasteiger partial charge on any atom is -0.435 e. The molecule has 1 aliphatic rings. The highest BCUT2D eigenvalue weighted by atomic mass is 32.2. The molecule has 0 radical (unpaired) electrons. The maximum atomic E-state index is 12.8. The SMILES string of the molecule is O=C(C=Cc1ccc(OC(F)F)cc1)c1ccc(S(=O)(=O)N2CCCCCC2)cc1. The highest BCUT2D eigenvalue weighted by Gasteiger charge is 2.25. The lowest BCUT2D eigenvalue weighted by Gasteiger charge is -2.19. The number of alkyl halides is 2. The quantitative estimate of drug-likeness (QED) is 0.465. The van der Waals surface area contributed by atoms with Gasteiger partial charge in [0.1, 0.15) is 5.75 Å². The molecule has 1 aliphatic heterocycles. The number of benzene rings is 2. The lowest BCUT2D eigenvalue weighted by Crippen LogP contribution is -2.31.